The quantitative estimate of drug-likeness (QED) is 0.268. The average Bonchev–Trinajstić information content (AvgIpc) is 3.31. The maximum absolute atomic E-state index is 13.0. The minimum Gasteiger partial charge on any atom is -0.360 e. The molecule has 0 atom stereocenters. The lowest BCUT2D eigenvalue weighted by molar-refractivity contribution is 0.103. The summed E-state index contributed by atoms with van der Waals surface area (Å²) in [4.78, 5) is 17.6. The molecule has 1 N–H and O–H groups in total. The van der Waals surface area contributed by atoms with E-state index in [0.717, 1.165) is 11.3 Å². The molecular formula is C25H16ClN3OS. The molecule has 0 unspecified atom stereocenters. The van der Waals surface area contributed by atoms with Gasteiger partial charge in [0.05, 0.1) is 5.69 Å². The van der Waals surface area contributed by atoms with Gasteiger partial charge in [-0.05, 0) is 18.2 Å². The smallest absolute Gasteiger partial charge is 0.195 e. The fraction of sp³-hybridized carbons (Fsp3) is 0. The van der Waals surface area contributed by atoms with Crippen LogP contribution in [0.1, 0.15) is 20.9 Å². The molecule has 150 valence electrons. The van der Waals surface area contributed by atoms with Crippen molar-refractivity contribution in [3.05, 3.63) is 112 Å². The first-order valence-electron chi connectivity index (χ1n) is 9.43. The number of carbonyl (C=O) groups excluding carboxylic acids is 1. The van der Waals surface area contributed by atoms with Gasteiger partial charge in [0, 0.05) is 39.0 Å². The fourth-order valence-electron chi connectivity index (χ4n) is 3.01. The minimum absolute atomic E-state index is 0.155. The summed E-state index contributed by atoms with van der Waals surface area (Å²) in [5.41, 5.74) is 3.73. The van der Waals surface area contributed by atoms with Gasteiger partial charge >= 0.3 is 0 Å². The molecule has 0 radical (unpaired) electrons. The Morgan fingerprint density at radius 1 is 1.03 bits per heavy atom. The molecule has 6 heteroatoms. The normalized spacial score (nSPS) is 11.0. The SMILES string of the molecule is N#C/C(=C\Nc1ccc(Cl)cc1C(=O)c1ccccc1)c1nc(-c2ccccc2)cs1. The van der Waals surface area contributed by atoms with Crippen molar-refractivity contribution in [1.29, 1.82) is 5.26 Å². The Kier molecular flexibility index (Phi) is 6.23. The van der Waals surface area contributed by atoms with E-state index in [1.807, 2.05) is 53.9 Å². The molecule has 0 aliphatic rings. The minimum atomic E-state index is -0.155. The number of halogens is 1. The van der Waals surface area contributed by atoms with Gasteiger partial charge in [-0.3, -0.25) is 4.79 Å². The topological polar surface area (TPSA) is 65.8 Å². The van der Waals surface area contributed by atoms with E-state index < -0.39 is 0 Å². The highest BCUT2D eigenvalue weighted by atomic mass is 35.5. The summed E-state index contributed by atoms with van der Waals surface area (Å²) in [6.07, 6.45) is 1.57. The number of hydrogen-bond acceptors (Lipinski definition) is 5. The Balaban J connectivity index is 1.63. The number of allylic oxidation sites excluding steroid dienone is 1. The van der Waals surface area contributed by atoms with E-state index in [2.05, 4.69) is 16.4 Å². The van der Waals surface area contributed by atoms with Crippen LogP contribution < -0.4 is 5.32 Å². The molecule has 0 fully saturated rings. The number of ketones is 1. The zero-order valence-corrected chi connectivity index (χ0v) is 17.8. The maximum atomic E-state index is 13.0. The second kappa shape index (κ2) is 9.40. The molecule has 4 nitrogen and oxygen atoms in total. The number of anilines is 1. The molecule has 4 rings (SSSR count). The number of carbonyl (C=O) groups is 1. The first-order valence-corrected chi connectivity index (χ1v) is 10.7. The predicted molar refractivity (Wildman–Crippen MR) is 126 cm³/mol. The molecule has 0 saturated carbocycles. The van der Waals surface area contributed by atoms with Gasteiger partial charge in [0.25, 0.3) is 0 Å². The first-order chi connectivity index (χ1) is 15.2. The highest BCUT2D eigenvalue weighted by Crippen LogP contribution is 2.27. The molecule has 0 aliphatic heterocycles. The van der Waals surface area contributed by atoms with Crippen molar-refractivity contribution in [2.24, 2.45) is 0 Å². The summed E-state index contributed by atoms with van der Waals surface area (Å²) >= 11 is 7.53. The predicted octanol–water partition coefficient (Wildman–Crippen LogP) is 6.67. The maximum Gasteiger partial charge on any atom is 0.195 e. The zero-order chi connectivity index (χ0) is 21.6. The van der Waals surface area contributed by atoms with Crippen LogP contribution in [0.4, 0.5) is 5.69 Å². The molecule has 1 aromatic heterocycles. The van der Waals surface area contributed by atoms with Gasteiger partial charge in [-0.25, -0.2) is 4.98 Å². The highest BCUT2D eigenvalue weighted by molar-refractivity contribution is 7.11. The van der Waals surface area contributed by atoms with Gasteiger partial charge in [0.1, 0.15) is 16.6 Å². The van der Waals surface area contributed by atoms with Crippen molar-refractivity contribution in [2.45, 2.75) is 0 Å². The second-order valence-corrected chi connectivity index (χ2v) is 7.90. The van der Waals surface area contributed by atoms with Gasteiger partial charge < -0.3 is 5.32 Å². The van der Waals surface area contributed by atoms with Crippen LogP contribution in [0.25, 0.3) is 16.8 Å². The lowest BCUT2D eigenvalue weighted by atomic mass is 10.0. The van der Waals surface area contributed by atoms with Crippen molar-refractivity contribution >= 4 is 40.0 Å². The first kappa shape index (κ1) is 20.5. The molecule has 0 amide bonds. The molecule has 0 bridgehead atoms. The fourth-order valence-corrected chi connectivity index (χ4v) is 3.97. The van der Waals surface area contributed by atoms with Crippen molar-refractivity contribution < 1.29 is 4.79 Å². The van der Waals surface area contributed by atoms with Crippen LogP contribution in [0.2, 0.25) is 5.02 Å². The monoisotopic (exact) mass is 441 g/mol. The third-order valence-electron chi connectivity index (χ3n) is 4.56. The van der Waals surface area contributed by atoms with Gasteiger partial charge in [-0.15, -0.1) is 11.3 Å². The Labute approximate surface area is 189 Å². The molecule has 0 spiro atoms. The van der Waals surface area contributed by atoms with Gasteiger partial charge in [-0.1, -0.05) is 72.3 Å². The summed E-state index contributed by atoms with van der Waals surface area (Å²) in [6, 6.07) is 26.0. The molecule has 0 saturated heterocycles. The summed E-state index contributed by atoms with van der Waals surface area (Å²) < 4.78 is 0. The average molecular weight is 442 g/mol. The number of thiazole rings is 1. The van der Waals surface area contributed by atoms with Crippen LogP contribution in [0.3, 0.4) is 0 Å². The molecule has 0 aliphatic carbocycles. The van der Waals surface area contributed by atoms with Crippen LogP contribution in [-0.2, 0) is 0 Å². The number of rotatable bonds is 6. The molecule has 4 aromatic rings. The van der Waals surface area contributed by atoms with E-state index in [0.29, 0.717) is 32.4 Å². The van der Waals surface area contributed by atoms with Crippen LogP contribution in [-0.4, -0.2) is 10.8 Å². The number of benzene rings is 3. The van der Waals surface area contributed by atoms with Crippen LogP contribution >= 0.6 is 22.9 Å². The lowest BCUT2D eigenvalue weighted by Crippen LogP contribution is -2.05. The third-order valence-corrected chi connectivity index (χ3v) is 5.67. The molecule has 31 heavy (non-hydrogen) atoms. The number of nitriles is 1. The number of hydrogen-bond donors (Lipinski definition) is 1. The van der Waals surface area contributed by atoms with E-state index in [9.17, 15) is 10.1 Å². The summed E-state index contributed by atoms with van der Waals surface area (Å²) in [7, 11) is 0. The van der Waals surface area contributed by atoms with E-state index in [4.69, 9.17) is 11.6 Å². The lowest BCUT2D eigenvalue weighted by Gasteiger charge is -2.10. The van der Waals surface area contributed by atoms with E-state index >= 15 is 0 Å². The van der Waals surface area contributed by atoms with Gasteiger partial charge in [-0.2, -0.15) is 5.26 Å². The molecule has 3 aromatic carbocycles. The number of nitrogens with zero attached hydrogens (tertiary/aromatic N) is 2. The van der Waals surface area contributed by atoms with Crippen molar-refractivity contribution in [3.8, 4) is 17.3 Å². The Morgan fingerprint density at radius 3 is 2.45 bits per heavy atom. The standard InChI is InChI=1S/C25H16ClN3OS/c26-20-11-12-22(21(13-20)24(30)18-9-5-2-6-10-18)28-15-19(14-27)25-29-23(16-31-25)17-7-3-1-4-8-17/h1-13,15-16,28H/b19-15+. The van der Waals surface area contributed by atoms with Crippen LogP contribution in [0.5, 0.6) is 0 Å². The highest BCUT2D eigenvalue weighted by Gasteiger charge is 2.15. The molecule has 1 heterocycles. The summed E-state index contributed by atoms with van der Waals surface area (Å²) in [5, 5.41) is 15.7. The number of nitrogens with one attached hydrogen (secondary N) is 1. The van der Waals surface area contributed by atoms with Gasteiger partial charge in [0.15, 0.2) is 5.78 Å². The van der Waals surface area contributed by atoms with Crippen LogP contribution in [0, 0.1) is 11.3 Å². The van der Waals surface area contributed by atoms with Crippen molar-refractivity contribution in [1.82, 2.24) is 4.98 Å². The third kappa shape index (κ3) is 4.72. The van der Waals surface area contributed by atoms with Crippen LogP contribution in [0.15, 0.2) is 90.4 Å². The van der Waals surface area contributed by atoms with Crippen molar-refractivity contribution in [3.63, 3.8) is 0 Å². The van der Waals surface area contributed by atoms with Crippen molar-refractivity contribution in [2.75, 3.05) is 5.32 Å². The Morgan fingerprint density at radius 2 is 1.74 bits per heavy atom. The zero-order valence-electron chi connectivity index (χ0n) is 16.2. The number of aromatic nitrogens is 1. The van der Waals surface area contributed by atoms with E-state index in [1.54, 1.807) is 36.5 Å². The second-order valence-electron chi connectivity index (χ2n) is 6.60. The largest absolute Gasteiger partial charge is 0.360 e. The summed E-state index contributed by atoms with van der Waals surface area (Å²) in [6.45, 7) is 0. The van der Waals surface area contributed by atoms with Gasteiger partial charge in [0.2, 0.25) is 0 Å². The molecular weight excluding hydrogens is 426 g/mol. The van der Waals surface area contributed by atoms with E-state index in [-0.39, 0.29) is 5.78 Å². The van der Waals surface area contributed by atoms with E-state index in [1.165, 1.54) is 11.3 Å². The Bertz CT molecular complexity index is 1290. The Hall–Kier alpha value is -3.72. The summed E-state index contributed by atoms with van der Waals surface area (Å²) in [5.74, 6) is -0.155.